The number of thioether (sulfide) groups is 1. The fraction of sp³-hybridized carbons (Fsp3) is 0.455. The van der Waals surface area contributed by atoms with Crippen LogP contribution in [0.1, 0.15) is 0 Å². The zero-order valence-electron chi connectivity index (χ0n) is 8.96. The summed E-state index contributed by atoms with van der Waals surface area (Å²) in [6, 6.07) is 6.66. The monoisotopic (exact) mass is 242 g/mol. The second kappa shape index (κ2) is 4.64. The van der Waals surface area contributed by atoms with Gasteiger partial charge in [0.15, 0.2) is 0 Å². The number of fused-ring (bicyclic) bond motifs is 1. The van der Waals surface area contributed by atoms with Crippen molar-refractivity contribution in [3.63, 3.8) is 0 Å². The fourth-order valence-electron chi connectivity index (χ4n) is 1.81. The summed E-state index contributed by atoms with van der Waals surface area (Å²) in [5.74, 6) is 1.13. The summed E-state index contributed by atoms with van der Waals surface area (Å²) in [5, 5.41) is 4.04. The molecule has 4 heteroatoms. The summed E-state index contributed by atoms with van der Waals surface area (Å²) in [4.78, 5) is 3.64. The molecule has 0 amide bonds. The van der Waals surface area contributed by atoms with Gasteiger partial charge in [-0.05, 0) is 25.2 Å². The minimum absolute atomic E-state index is 0.547. The van der Waals surface area contributed by atoms with Crippen molar-refractivity contribution in [1.29, 1.82) is 0 Å². The van der Waals surface area contributed by atoms with Crippen molar-refractivity contribution in [2.24, 2.45) is 0 Å². The lowest BCUT2D eigenvalue weighted by atomic mass is 10.2. The second-order valence-electron chi connectivity index (χ2n) is 3.75. The maximum absolute atomic E-state index is 6.02. The molecule has 0 saturated carbocycles. The highest BCUT2D eigenvalue weighted by Gasteiger charge is 2.23. The third-order valence-electron chi connectivity index (χ3n) is 2.72. The highest BCUT2D eigenvalue weighted by Crippen LogP contribution is 2.37. The van der Waals surface area contributed by atoms with Gasteiger partial charge < -0.3 is 10.2 Å². The minimum Gasteiger partial charge on any atom is -0.369 e. The summed E-state index contributed by atoms with van der Waals surface area (Å²) in [6.07, 6.45) is 0. The molecule has 1 unspecified atom stereocenters. The van der Waals surface area contributed by atoms with Gasteiger partial charge >= 0.3 is 0 Å². The lowest BCUT2D eigenvalue weighted by Gasteiger charge is -2.35. The van der Waals surface area contributed by atoms with E-state index in [0.717, 1.165) is 17.3 Å². The number of hydrogen-bond donors (Lipinski definition) is 1. The average Bonchev–Trinajstić information content (AvgIpc) is 2.23. The minimum atomic E-state index is 0.547. The van der Waals surface area contributed by atoms with Gasteiger partial charge in [-0.2, -0.15) is 0 Å². The smallest absolute Gasteiger partial charge is 0.0519 e. The Morgan fingerprint density at radius 1 is 1.60 bits per heavy atom. The average molecular weight is 243 g/mol. The molecule has 1 aromatic rings. The number of nitrogens with zero attached hydrogens (tertiary/aromatic N) is 1. The van der Waals surface area contributed by atoms with Crippen LogP contribution in [0.3, 0.4) is 0 Å². The first-order valence-corrected chi connectivity index (χ1v) is 6.38. The van der Waals surface area contributed by atoms with Crippen LogP contribution < -0.4 is 10.2 Å². The first kappa shape index (κ1) is 11.1. The summed E-state index contributed by atoms with van der Waals surface area (Å²) in [7, 11) is 4.13. The van der Waals surface area contributed by atoms with Crippen LogP contribution in [0, 0.1) is 0 Å². The summed E-state index contributed by atoms with van der Waals surface area (Å²) in [6.45, 7) is 1.01. The lowest BCUT2D eigenvalue weighted by molar-refractivity contribution is 0.629. The molecule has 1 heterocycles. The van der Waals surface area contributed by atoms with Crippen LogP contribution in [-0.4, -0.2) is 32.4 Å². The van der Waals surface area contributed by atoms with Crippen LogP contribution in [0.15, 0.2) is 23.1 Å². The highest BCUT2D eigenvalue weighted by atomic mass is 35.5. The molecular formula is C11H15ClN2S. The Balaban J connectivity index is 2.28. The van der Waals surface area contributed by atoms with Crippen LogP contribution in [0.2, 0.25) is 5.02 Å². The van der Waals surface area contributed by atoms with E-state index in [1.165, 1.54) is 10.6 Å². The second-order valence-corrected chi connectivity index (χ2v) is 5.24. The topological polar surface area (TPSA) is 15.3 Å². The van der Waals surface area contributed by atoms with Gasteiger partial charge in [0.1, 0.15) is 0 Å². The number of likely N-dealkylation sites (N-methyl/N-ethyl adjacent to an activating group) is 2. The van der Waals surface area contributed by atoms with Gasteiger partial charge in [-0.1, -0.05) is 11.6 Å². The highest BCUT2D eigenvalue weighted by molar-refractivity contribution is 7.99. The maximum Gasteiger partial charge on any atom is 0.0519 e. The molecule has 0 bridgehead atoms. The van der Waals surface area contributed by atoms with Crippen LogP contribution in [0.5, 0.6) is 0 Å². The quantitative estimate of drug-likeness (QED) is 0.858. The Bertz CT molecular complexity index is 356. The van der Waals surface area contributed by atoms with Crippen molar-refractivity contribution in [1.82, 2.24) is 5.32 Å². The summed E-state index contributed by atoms with van der Waals surface area (Å²) < 4.78 is 0. The summed E-state index contributed by atoms with van der Waals surface area (Å²) >= 11 is 7.92. The molecule has 2 rings (SSSR count). The molecule has 2 nitrogen and oxygen atoms in total. The fourth-order valence-corrected chi connectivity index (χ4v) is 3.21. The first-order chi connectivity index (χ1) is 7.22. The Morgan fingerprint density at radius 3 is 3.13 bits per heavy atom. The molecule has 1 aliphatic heterocycles. The van der Waals surface area contributed by atoms with E-state index >= 15 is 0 Å². The first-order valence-electron chi connectivity index (χ1n) is 5.02. The van der Waals surface area contributed by atoms with Crippen LogP contribution in [-0.2, 0) is 0 Å². The van der Waals surface area contributed by atoms with E-state index in [2.05, 4.69) is 23.3 Å². The molecule has 15 heavy (non-hydrogen) atoms. The van der Waals surface area contributed by atoms with E-state index in [9.17, 15) is 0 Å². The standard InChI is InChI=1S/C11H15ClN2S/c1-13-6-9-7-15-11-4-3-8(12)5-10(11)14(9)2/h3-5,9,13H,6-7H2,1-2H3. The number of anilines is 1. The molecule has 1 aromatic carbocycles. The Hall–Kier alpha value is -0.380. The van der Waals surface area contributed by atoms with Crippen molar-refractivity contribution in [2.45, 2.75) is 10.9 Å². The van der Waals surface area contributed by atoms with Crippen molar-refractivity contribution in [3.8, 4) is 0 Å². The van der Waals surface area contributed by atoms with E-state index in [-0.39, 0.29) is 0 Å². The van der Waals surface area contributed by atoms with Crippen LogP contribution in [0.4, 0.5) is 5.69 Å². The molecule has 0 aliphatic carbocycles. The Morgan fingerprint density at radius 2 is 2.40 bits per heavy atom. The van der Waals surface area contributed by atoms with Gasteiger partial charge in [0.2, 0.25) is 0 Å². The largest absolute Gasteiger partial charge is 0.369 e. The number of halogens is 1. The Kier molecular flexibility index (Phi) is 3.44. The van der Waals surface area contributed by atoms with Crippen molar-refractivity contribution >= 4 is 29.1 Å². The predicted octanol–water partition coefficient (Wildman–Crippen LogP) is 2.47. The maximum atomic E-state index is 6.02. The summed E-state index contributed by atoms with van der Waals surface area (Å²) in [5.41, 5.74) is 1.25. The number of benzene rings is 1. The molecule has 0 saturated heterocycles. The third kappa shape index (κ3) is 2.25. The van der Waals surface area contributed by atoms with Crippen LogP contribution in [0.25, 0.3) is 0 Å². The van der Waals surface area contributed by atoms with E-state index in [0.29, 0.717) is 6.04 Å². The van der Waals surface area contributed by atoms with Gasteiger partial charge in [-0.25, -0.2) is 0 Å². The molecule has 0 spiro atoms. The zero-order valence-corrected chi connectivity index (χ0v) is 10.5. The predicted molar refractivity (Wildman–Crippen MR) is 68.3 cm³/mol. The van der Waals surface area contributed by atoms with E-state index in [1.807, 2.05) is 30.9 Å². The number of rotatable bonds is 2. The molecule has 0 aromatic heterocycles. The van der Waals surface area contributed by atoms with Crippen molar-refractivity contribution in [3.05, 3.63) is 23.2 Å². The van der Waals surface area contributed by atoms with Gasteiger partial charge in [0.25, 0.3) is 0 Å². The van der Waals surface area contributed by atoms with E-state index < -0.39 is 0 Å². The molecule has 0 fully saturated rings. The lowest BCUT2D eigenvalue weighted by Crippen LogP contribution is -2.43. The van der Waals surface area contributed by atoms with Crippen LogP contribution >= 0.6 is 23.4 Å². The molecule has 1 atom stereocenters. The van der Waals surface area contributed by atoms with Crippen molar-refractivity contribution < 1.29 is 0 Å². The van der Waals surface area contributed by atoms with Gasteiger partial charge in [0, 0.05) is 29.3 Å². The molecular weight excluding hydrogens is 228 g/mol. The van der Waals surface area contributed by atoms with E-state index in [4.69, 9.17) is 11.6 Å². The molecule has 1 aliphatic rings. The SMILES string of the molecule is CNCC1CSc2ccc(Cl)cc2N1C. The van der Waals surface area contributed by atoms with Gasteiger partial charge in [0.05, 0.1) is 11.7 Å². The van der Waals surface area contributed by atoms with Gasteiger partial charge in [-0.3, -0.25) is 0 Å². The molecule has 0 radical (unpaired) electrons. The normalized spacial score (nSPS) is 20.2. The molecule has 82 valence electrons. The number of nitrogens with one attached hydrogen (secondary N) is 1. The third-order valence-corrected chi connectivity index (χ3v) is 4.16. The molecule has 1 N–H and O–H groups in total. The van der Waals surface area contributed by atoms with Gasteiger partial charge in [-0.15, -0.1) is 11.8 Å². The number of hydrogen-bond acceptors (Lipinski definition) is 3. The van der Waals surface area contributed by atoms with Crippen molar-refractivity contribution in [2.75, 3.05) is 31.3 Å². The zero-order chi connectivity index (χ0) is 10.8. The Labute approximate surface area is 100.0 Å². The van der Waals surface area contributed by atoms with E-state index in [1.54, 1.807) is 0 Å².